The molecule has 27 heavy (non-hydrogen) atoms. The summed E-state index contributed by atoms with van der Waals surface area (Å²) < 4.78 is 22.3. The van der Waals surface area contributed by atoms with E-state index in [0.717, 1.165) is 17.9 Å². The van der Waals surface area contributed by atoms with Gasteiger partial charge in [0.05, 0.1) is 30.2 Å². The normalized spacial score (nSPS) is 14.0. The molecule has 0 radical (unpaired) electrons. The van der Waals surface area contributed by atoms with Crippen molar-refractivity contribution in [1.82, 2.24) is 4.90 Å². The first-order valence-corrected chi connectivity index (χ1v) is 8.77. The number of rotatable bonds is 5. The Morgan fingerprint density at radius 2 is 1.96 bits per heavy atom. The fourth-order valence-corrected chi connectivity index (χ4v) is 3.37. The van der Waals surface area contributed by atoms with Gasteiger partial charge in [-0.2, -0.15) is 0 Å². The van der Waals surface area contributed by atoms with Crippen molar-refractivity contribution in [2.24, 2.45) is 0 Å². The van der Waals surface area contributed by atoms with Gasteiger partial charge in [0.15, 0.2) is 0 Å². The standard InChI is InChI=1S/C21H21NO5/c1-24-10-9-22-11-16-19(27-13-22)8-7-15-20(23)17(12-26-21(15)16)14-5-3-4-6-18(14)25-2/h3-8,12H,9-11,13H2,1-2H3. The highest BCUT2D eigenvalue weighted by atomic mass is 16.5. The van der Waals surface area contributed by atoms with Crippen LogP contribution in [0.2, 0.25) is 0 Å². The zero-order valence-electron chi connectivity index (χ0n) is 15.4. The van der Waals surface area contributed by atoms with Crippen molar-refractivity contribution in [3.05, 3.63) is 58.4 Å². The molecule has 0 saturated carbocycles. The minimum Gasteiger partial charge on any atom is -0.496 e. The molecule has 0 unspecified atom stereocenters. The highest BCUT2D eigenvalue weighted by molar-refractivity contribution is 5.86. The second kappa shape index (κ2) is 7.42. The van der Waals surface area contributed by atoms with Gasteiger partial charge < -0.3 is 18.6 Å². The summed E-state index contributed by atoms with van der Waals surface area (Å²) in [6.07, 6.45) is 1.51. The van der Waals surface area contributed by atoms with Crippen molar-refractivity contribution < 1.29 is 18.6 Å². The van der Waals surface area contributed by atoms with Crippen LogP contribution in [0.15, 0.2) is 51.9 Å². The van der Waals surface area contributed by atoms with E-state index in [-0.39, 0.29) is 5.43 Å². The van der Waals surface area contributed by atoms with E-state index in [2.05, 4.69) is 4.90 Å². The second-order valence-corrected chi connectivity index (χ2v) is 6.42. The fourth-order valence-electron chi connectivity index (χ4n) is 3.37. The third-order valence-electron chi connectivity index (χ3n) is 4.79. The van der Waals surface area contributed by atoms with Crippen LogP contribution in [0.5, 0.6) is 11.5 Å². The van der Waals surface area contributed by atoms with E-state index >= 15 is 0 Å². The number of para-hydroxylation sites is 1. The first-order chi connectivity index (χ1) is 13.2. The fraction of sp³-hybridized carbons (Fsp3) is 0.286. The van der Waals surface area contributed by atoms with E-state index in [0.29, 0.717) is 47.7 Å². The second-order valence-electron chi connectivity index (χ2n) is 6.42. The Bertz CT molecular complexity index is 1030. The first-order valence-electron chi connectivity index (χ1n) is 8.77. The van der Waals surface area contributed by atoms with Crippen molar-refractivity contribution >= 4 is 11.0 Å². The van der Waals surface area contributed by atoms with E-state index in [1.54, 1.807) is 20.3 Å². The summed E-state index contributed by atoms with van der Waals surface area (Å²) in [4.78, 5) is 15.3. The van der Waals surface area contributed by atoms with Gasteiger partial charge >= 0.3 is 0 Å². The summed E-state index contributed by atoms with van der Waals surface area (Å²) in [5.74, 6) is 1.39. The van der Waals surface area contributed by atoms with Gasteiger partial charge in [-0.1, -0.05) is 18.2 Å². The molecule has 0 saturated heterocycles. The Hall–Kier alpha value is -2.83. The van der Waals surface area contributed by atoms with Gasteiger partial charge in [-0.3, -0.25) is 9.69 Å². The number of ether oxygens (including phenoxy) is 3. The quantitative estimate of drug-likeness (QED) is 0.690. The van der Waals surface area contributed by atoms with Crippen molar-refractivity contribution in [1.29, 1.82) is 0 Å². The Kier molecular flexibility index (Phi) is 4.83. The Morgan fingerprint density at radius 1 is 1.11 bits per heavy atom. The lowest BCUT2D eigenvalue weighted by Gasteiger charge is -2.28. The van der Waals surface area contributed by atoms with Crippen molar-refractivity contribution in [2.45, 2.75) is 6.54 Å². The molecule has 0 fully saturated rings. The lowest BCUT2D eigenvalue weighted by Crippen LogP contribution is -2.34. The Morgan fingerprint density at radius 3 is 2.78 bits per heavy atom. The molecule has 6 heteroatoms. The third kappa shape index (κ3) is 3.18. The summed E-state index contributed by atoms with van der Waals surface area (Å²) >= 11 is 0. The SMILES string of the molecule is COCCN1COc2ccc3c(=O)c(-c4ccccc4OC)coc3c2C1. The summed E-state index contributed by atoms with van der Waals surface area (Å²) in [6.45, 7) is 2.50. The molecule has 0 bridgehead atoms. The molecule has 0 aliphatic carbocycles. The van der Waals surface area contributed by atoms with Gasteiger partial charge in [0.1, 0.15) is 30.1 Å². The summed E-state index contributed by atoms with van der Waals surface area (Å²) in [5, 5.41) is 0.536. The molecule has 0 amide bonds. The molecule has 4 rings (SSSR count). The van der Waals surface area contributed by atoms with Gasteiger partial charge in [-0.05, 0) is 18.2 Å². The summed E-state index contributed by atoms with van der Waals surface area (Å²) in [7, 11) is 3.26. The monoisotopic (exact) mass is 367 g/mol. The van der Waals surface area contributed by atoms with E-state index in [1.165, 1.54) is 6.26 Å². The average Bonchev–Trinajstić information content (AvgIpc) is 2.72. The molecule has 1 aliphatic rings. The highest BCUT2D eigenvalue weighted by Gasteiger charge is 2.23. The number of methoxy groups -OCH3 is 2. The molecule has 2 heterocycles. The molecule has 1 aliphatic heterocycles. The predicted octanol–water partition coefficient (Wildman–Crippen LogP) is 3.27. The molecule has 3 aromatic rings. The van der Waals surface area contributed by atoms with Crippen LogP contribution in [0.3, 0.4) is 0 Å². The molecule has 0 N–H and O–H groups in total. The van der Waals surface area contributed by atoms with Crippen molar-refractivity contribution in [2.75, 3.05) is 34.1 Å². The highest BCUT2D eigenvalue weighted by Crippen LogP contribution is 2.34. The maximum atomic E-state index is 13.1. The predicted molar refractivity (Wildman–Crippen MR) is 102 cm³/mol. The van der Waals surface area contributed by atoms with E-state index in [4.69, 9.17) is 18.6 Å². The number of fused-ring (bicyclic) bond motifs is 3. The molecular weight excluding hydrogens is 346 g/mol. The topological polar surface area (TPSA) is 61.1 Å². The maximum absolute atomic E-state index is 13.1. The number of benzene rings is 2. The minimum atomic E-state index is -0.0856. The van der Waals surface area contributed by atoms with Gasteiger partial charge in [-0.15, -0.1) is 0 Å². The van der Waals surface area contributed by atoms with E-state index < -0.39 is 0 Å². The van der Waals surface area contributed by atoms with Crippen LogP contribution in [0.1, 0.15) is 5.56 Å². The number of hydrogen-bond donors (Lipinski definition) is 0. The van der Waals surface area contributed by atoms with Crippen LogP contribution in [0.25, 0.3) is 22.1 Å². The summed E-state index contributed by atoms with van der Waals surface area (Å²) in [6, 6.07) is 11.0. The minimum absolute atomic E-state index is 0.0856. The van der Waals surface area contributed by atoms with Crippen LogP contribution < -0.4 is 14.9 Å². The van der Waals surface area contributed by atoms with Crippen LogP contribution in [-0.4, -0.2) is 39.0 Å². The van der Waals surface area contributed by atoms with Crippen LogP contribution in [0, 0.1) is 0 Å². The molecule has 140 valence electrons. The summed E-state index contributed by atoms with van der Waals surface area (Å²) in [5.41, 5.74) is 2.56. The maximum Gasteiger partial charge on any atom is 0.200 e. The number of hydrogen-bond acceptors (Lipinski definition) is 6. The molecular formula is C21H21NO5. The smallest absolute Gasteiger partial charge is 0.200 e. The Balaban J connectivity index is 1.81. The van der Waals surface area contributed by atoms with Gasteiger partial charge in [0.25, 0.3) is 0 Å². The van der Waals surface area contributed by atoms with Crippen LogP contribution >= 0.6 is 0 Å². The molecule has 0 atom stereocenters. The van der Waals surface area contributed by atoms with Gasteiger partial charge in [0, 0.05) is 25.8 Å². The lowest BCUT2D eigenvalue weighted by atomic mass is 10.0. The molecule has 6 nitrogen and oxygen atoms in total. The van der Waals surface area contributed by atoms with Crippen LogP contribution in [0.4, 0.5) is 0 Å². The third-order valence-corrected chi connectivity index (χ3v) is 4.79. The van der Waals surface area contributed by atoms with E-state index in [9.17, 15) is 4.79 Å². The van der Waals surface area contributed by atoms with Crippen LogP contribution in [-0.2, 0) is 11.3 Å². The number of nitrogens with zero attached hydrogens (tertiary/aromatic N) is 1. The lowest BCUT2D eigenvalue weighted by molar-refractivity contribution is 0.0658. The molecule has 2 aromatic carbocycles. The zero-order valence-corrected chi connectivity index (χ0v) is 15.4. The molecule has 0 spiro atoms. The largest absolute Gasteiger partial charge is 0.496 e. The van der Waals surface area contributed by atoms with Gasteiger partial charge in [0.2, 0.25) is 5.43 Å². The molecule has 1 aromatic heterocycles. The Labute approximate surface area is 156 Å². The average molecular weight is 367 g/mol. The zero-order chi connectivity index (χ0) is 18.8. The van der Waals surface area contributed by atoms with Gasteiger partial charge in [-0.25, -0.2) is 0 Å². The van der Waals surface area contributed by atoms with Crippen molar-refractivity contribution in [3.8, 4) is 22.6 Å². The first kappa shape index (κ1) is 17.6. The van der Waals surface area contributed by atoms with E-state index in [1.807, 2.05) is 30.3 Å². The van der Waals surface area contributed by atoms with Crippen molar-refractivity contribution in [3.63, 3.8) is 0 Å².